The average Bonchev–Trinajstić information content (AvgIpc) is 2.27. The zero-order chi connectivity index (χ0) is 10.9. The molecule has 0 aliphatic rings. The molecule has 0 atom stereocenters. The van der Waals surface area contributed by atoms with E-state index in [9.17, 15) is 0 Å². The van der Waals surface area contributed by atoms with Crippen molar-refractivity contribution in [2.45, 2.75) is 32.6 Å². The SMILES string of the molecule is CCCC=Cc1cccc(CCCN)c1. The van der Waals surface area contributed by atoms with Gasteiger partial charge in [0.15, 0.2) is 0 Å². The highest BCUT2D eigenvalue weighted by Gasteiger charge is 1.93. The number of hydrogen-bond acceptors (Lipinski definition) is 1. The molecule has 1 nitrogen and oxygen atoms in total. The number of hydrogen-bond donors (Lipinski definition) is 1. The highest BCUT2D eigenvalue weighted by atomic mass is 14.5. The van der Waals surface area contributed by atoms with Crippen LogP contribution in [0.3, 0.4) is 0 Å². The lowest BCUT2D eigenvalue weighted by molar-refractivity contribution is 0.832. The Hall–Kier alpha value is -1.08. The predicted octanol–water partition coefficient (Wildman–Crippen LogP) is 3.39. The maximum absolute atomic E-state index is 5.50. The number of nitrogens with two attached hydrogens (primary N) is 1. The van der Waals surface area contributed by atoms with Crippen LogP contribution < -0.4 is 5.73 Å². The smallest absolute Gasteiger partial charge is 0.00741 e. The van der Waals surface area contributed by atoms with E-state index < -0.39 is 0 Å². The number of unbranched alkanes of at least 4 members (excludes halogenated alkanes) is 1. The molecule has 0 amide bonds. The molecule has 1 heteroatoms. The van der Waals surface area contributed by atoms with Crippen molar-refractivity contribution in [2.75, 3.05) is 6.54 Å². The average molecular weight is 203 g/mol. The van der Waals surface area contributed by atoms with E-state index in [4.69, 9.17) is 5.73 Å². The van der Waals surface area contributed by atoms with Gasteiger partial charge in [0.25, 0.3) is 0 Å². The molecule has 0 unspecified atom stereocenters. The predicted molar refractivity (Wildman–Crippen MR) is 67.8 cm³/mol. The Kier molecular flexibility index (Phi) is 5.79. The summed E-state index contributed by atoms with van der Waals surface area (Å²) in [4.78, 5) is 0. The zero-order valence-corrected chi connectivity index (χ0v) is 9.58. The summed E-state index contributed by atoms with van der Waals surface area (Å²) in [7, 11) is 0. The van der Waals surface area contributed by atoms with Gasteiger partial charge in [-0.05, 0) is 36.9 Å². The Bertz CT molecular complexity index is 302. The van der Waals surface area contributed by atoms with Gasteiger partial charge in [0.1, 0.15) is 0 Å². The highest BCUT2D eigenvalue weighted by Crippen LogP contribution is 2.09. The van der Waals surface area contributed by atoms with Crippen LogP contribution >= 0.6 is 0 Å². The maximum Gasteiger partial charge on any atom is -0.00741 e. The molecule has 0 bridgehead atoms. The summed E-state index contributed by atoms with van der Waals surface area (Å²) in [5.41, 5.74) is 8.19. The normalized spacial score (nSPS) is 11.1. The molecule has 0 aromatic heterocycles. The third-order valence-corrected chi connectivity index (χ3v) is 2.39. The minimum Gasteiger partial charge on any atom is -0.330 e. The van der Waals surface area contributed by atoms with Gasteiger partial charge in [-0.1, -0.05) is 49.8 Å². The Morgan fingerprint density at radius 2 is 2.20 bits per heavy atom. The molecule has 0 saturated carbocycles. The molecular formula is C14H21N. The van der Waals surface area contributed by atoms with Crippen LogP contribution in [-0.2, 0) is 6.42 Å². The molecule has 0 fully saturated rings. The van der Waals surface area contributed by atoms with E-state index >= 15 is 0 Å². The van der Waals surface area contributed by atoms with Crippen molar-refractivity contribution in [1.29, 1.82) is 0 Å². The quantitative estimate of drug-likeness (QED) is 0.753. The third kappa shape index (κ3) is 4.80. The lowest BCUT2D eigenvalue weighted by atomic mass is 10.1. The molecule has 0 spiro atoms. The number of benzene rings is 1. The molecule has 0 aliphatic carbocycles. The van der Waals surface area contributed by atoms with Gasteiger partial charge in [0.05, 0.1) is 0 Å². The van der Waals surface area contributed by atoms with Crippen molar-refractivity contribution in [2.24, 2.45) is 5.73 Å². The molecule has 1 aromatic carbocycles. The number of allylic oxidation sites excluding steroid dienone is 1. The Labute approximate surface area is 93.0 Å². The van der Waals surface area contributed by atoms with Gasteiger partial charge in [-0.3, -0.25) is 0 Å². The molecule has 0 aliphatic heterocycles. The first-order valence-electron chi connectivity index (χ1n) is 5.82. The van der Waals surface area contributed by atoms with Crippen LogP contribution in [0.1, 0.15) is 37.3 Å². The van der Waals surface area contributed by atoms with Crippen molar-refractivity contribution in [3.05, 3.63) is 41.5 Å². The Morgan fingerprint density at radius 1 is 1.33 bits per heavy atom. The first-order chi connectivity index (χ1) is 7.36. The number of aryl methyl sites for hydroxylation is 1. The van der Waals surface area contributed by atoms with E-state index in [1.165, 1.54) is 17.5 Å². The van der Waals surface area contributed by atoms with Crippen LogP contribution in [0.2, 0.25) is 0 Å². The monoisotopic (exact) mass is 203 g/mol. The van der Waals surface area contributed by atoms with Crippen molar-refractivity contribution in [3.8, 4) is 0 Å². The van der Waals surface area contributed by atoms with Gasteiger partial charge in [-0.25, -0.2) is 0 Å². The topological polar surface area (TPSA) is 26.0 Å². The van der Waals surface area contributed by atoms with E-state index in [-0.39, 0.29) is 0 Å². The summed E-state index contributed by atoms with van der Waals surface area (Å²) in [5.74, 6) is 0. The van der Waals surface area contributed by atoms with Crippen molar-refractivity contribution >= 4 is 6.08 Å². The molecule has 2 N–H and O–H groups in total. The second-order valence-electron chi connectivity index (χ2n) is 3.83. The van der Waals surface area contributed by atoms with Crippen LogP contribution in [-0.4, -0.2) is 6.54 Å². The second kappa shape index (κ2) is 7.24. The molecule has 0 saturated heterocycles. The summed E-state index contributed by atoms with van der Waals surface area (Å²) in [6, 6.07) is 8.70. The van der Waals surface area contributed by atoms with Crippen molar-refractivity contribution in [3.63, 3.8) is 0 Å². The summed E-state index contributed by atoms with van der Waals surface area (Å²) >= 11 is 0. The van der Waals surface area contributed by atoms with E-state index in [0.717, 1.165) is 25.8 Å². The fourth-order valence-corrected chi connectivity index (χ4v) is 1.54. The van der Waals surface area contributed by atoms with Gasteiger partial charge in [-0.2, -0.15) is 0 Å². The Morgan fingerprint density at radius 3 is 2.93 bits per heavy atom. The molecule has 1 aromatic rings. The standard InChI is InChI=1S/C14H21N/c1-2-3-4-7-13-8-5-9-14(12-13)10-6-11-15/h4-5,7-9,12H,2-3,6,10-11,15H2,1H3. The molecule has 1 rings (SSSR count). The maximum atomic E-state index is 5.50. The van der Waals surface area contributed by atoms with Gasteiger partial charge < -0.3 is 5.73 Å². The van der Waals surface area contributed by atoms with Crippen molar-refractivity contribution in [1.82, 2.24) is 0 Å². The van der Waals surface area contributed by atoms with E-state index in [2.05, 4.69) is 43.3 Å². The van der Waals surface area contributed by atoms with Crippen LogP contribution in [0, 0.1) is 0 Å². The van der Waals surface area contributed by atoms with Crippen LogP contribution in [0.5, 0.6) is 0 Å². The lowest BCUT2D eigenvalue weighted by Gasteiger charge is -2.01. The van der Waals surface area contributed by atoms with Gasteiger partial charge in [-0.15, -0.1) is 0 Å². The second-order valence-corrected chi connectivity index (χ2v) is 3.83. The van der Waals surface area contributed by atoms with Gasteiger partial charge >= 0.3 is 0 Å². The summed E-state index contributed by atoms with van der Waals surface area (Å²) in [6.07, 6.45) is 8.97. The fourth-order valence-electron chi connectivity index (χ4n) is 1.54. The lowest BCUT2D eigenvalue weighted by Crippen LogP contribution is -2.00. The summed E-state index contributed by atoms with van der Waals surface area (Å²) < 4.78 is 0. The van der Waals surface area contributed by atoms with E-state index in [0.29, 0.717) is 0 Å². The van der Waals surface area contributed by atoms with Crippen molar-refractivity contribution < 1.29 is 0 Å². The Balaban J connectivity index is 2.57. The van der Waals surface area contributed by atoms with E-state index in [1.54, 1.807) is 0 Å². The molecule has 0 heterocycles. The molecule has 15 heavy (non-hydrogen) atoms. The molecular weight excluding hydrogens is 182 g/mol. The fraction of sp³-hybridized carbons (Fsp3) is 0.429. The third-order valence-electron chi connectivity index (χ3n) is 2.39. The summed E-state index contributed by atoms with van der Waals surface area (Å²) in [6.45, 7) is 2.97. The first-order valence-corrected chi connectivity index (χ1v) is 5.82. The van der Waals surface area contributed by atoms with E-state index in [1.807, 2.05) is 0 Å². The van der Waals surface area contributed by atoms with Gasteiger partial charge in [0.2, 0.25) is 0 Å². The minimum absolute atomic E-state index is 0.774. The van der Waals surface area contributed by atoms with Crippen LogP contribution in [0.25, 0.3) is 6.08 Å². The highest BCUT2D eigenvalue weighted by molar-refractivity contribution is 5.50. The largest absolute Gasteiger partial charge is 0.330 e. The molecule has 82 valence electrons. The van der Waals surface area contributed by atoms with Crippen LogP contribution in [0.4, 0.5) is 0 Å². The van der Waals surface area contributed by atoms with Crippen LogP contribution in [0.15, 0.2) is 30.3 Å². The summed E-state index contributed by atoms with van der Waals surface area (Å²) in [5, 5.41) is 0. The minimum atomic E-state index is 0.774. The van der Waals surface area contributed by atoms with Gasteiger partial charge in [0, 0.05) is 0 Å². The number of rotatable bonds is 6. The molecule has 0 radical (unpaired) electrons. The zero-order valence-electron chi connectivity index (χ0n) is 9.58. The first kappa shape index (κ1) is 12.0.